The molecule has 0 aliphatic carbocycles. The predicted octanol–water partition coefficient (Wildman–Crippen LogP) is 3.71. The van der Waals surface area contributed by atoms with Crippen LogP contribution in [0.25, 0.3) is 11.5 Å². The quantitative estimate of drug-likeness (QED) is 0.679. The lowest BCUT2D eigenvalue weighted by atomic mass is 10.2. The van der Waals surface area contributed by atoms with Gasteiger partial charge in [-0.3, -0.25) is 0 Å². The second-order valence-electron chi connectivity index (χ2n) is 5.35. The summed E-state index contributed by atoms with van der Waals surface area (Å²) in [5.41, 5.74) is 0.945. The van der Waals surface area contributed by atoms with Crippen LogP contribution in [0.15, 0.2) is 58.0 Å². The minimum absolute atomic E-state index is 0.0163. The van der Waals surface area contributed by atoms with Crippen LogP contribution >= 0.6 is 11.6 Å². The lowest BCUT2D eigenvalue weighted by molar-refractivity contribution is 0.457. The first-order valence-corrected chi connectivity index (χ1v) is 9.34. The van der Waals surface area contributed by atoms with Crippen molar-refractivity contribution in [3.8, 4) is 23.6 Å². The van der Waals surface area contributed by atoms with Gasteiger partial charge in [-0.15, -0.1) is 0 Å². The molecule has 0 unspecified atom stereocenters. The maximum atomic E-state index is 12.7. The average molecular weight is 384 g/mol. The molecule has 0 saturated heterocycles. The van der Waals surface area contributed by atoms with Crippen molar-refractivity contribution in [2.24, 2.45) is 0 Å². The van der Waals surface area contributed by atoms with Gasteiger partial charge >= 0.3 is 0 Å². The van der Waals surface area contributed by atoms with Crippen molar-refractivity contribution >= 4 is 21.4 Å². The largest absolute Gasteiger partial charge is 0.423 e. The van der Waals surface area contributed by atoms with Crippen molar-refractivity contribution in [3.63, 3.8) is 0 Å². The maximum Gasteiger partial charge on any atom is 0.257 e. The normalized spacial score (nSPS) is 10.9. The number of hydrogen-bond acceptors (Lipinski definition) is 6. The zero-order valence-corrected chi connectivity index (χ0v) is 14.8. The van der Waals surface area contributed by atoms with E-state index in [2.05, 4.69) is 4.98 Å². The molecule has 2 aromatic carbocycles. The fourth-order valence-electron chi connectivity index (χ4n) is 2.32. The Kier molecular flexibility index (Phi) is 4.77. The van der Waals surface area contributed by atoms with E-state index in [4.69, 9.17) is 21.3 Å². The van der Waals surface area contributed by atoms with Crippen LogP contribution in [0.4, 0.5) is 0 Å². The first-order chi connectivity index (χ1) is 12.4. The van der Waals surface area contributed by atoms with Crippen molar-refractivity contribution in [1.82, 2.24) is 4.98 Å². The lowest BCUT2D eigenvalue weighted by Crippen LogP contribution is -2.06. The molecular weight excluding hydrogens is 374 g/mol. The lowest BCUT2D eigenvalue weighted by Gasteiger charge is -2.02. The molecule has 0 atom stereocenters. The standard InChI is InChI=1S/C18H10ClN3O3S/c19-15-6-4-14(5-7-15)17-22-16(10-21)18(25-17)26(23,24)11-13-3-1-2-12(8-13)9-20/h1-8H,11H2. The van der Waals surface area contributed by atoms with Crippen molar-refractivity contribution in [1.29, 1.82) is 10.5 Å². The summed E-state index contributed by atoms with van der Waals surface area (Å²) >= 11 is 5.83. The monoisotopic (exact) mass is 383 g/mol. The van der Waals surface area contributed by atoms with E-state index < -0.39 is 20.7 Å². The van der Waals surface area contributed by atoms with Gasteiger partial charge in [0.05, 0.1) is 17.4 Å². The topological polar surface area (TPSA) is 108 Å². The maximum absolute atomic E-state index is 12.7. The van der Waals surface area contributed by atoms with Gasteiger partial charge in [0.15, 0.2) is 5.69 Å². The van der Waals surface area contributed by atoms with E-state index in [1.54, 1.807) is 48.5 Å². The molecule has 26 heavy (non-hydrogen) atoms. The predicted molar refractivity (Wildman–Crippen MR) is 93.7 cm³/mol. The first-order valence-electron chi connectivity index (χ1n) is 7.31. The molecule has 0 aliphatic rings. The summed E-state index contributed by atoms with van der Waals surface area (Å²) in [6.07, 6.45) is 0. The Labute approximate surface area is 154 Å². The Bertz CT molecular complexity index is 1150. The number of aromatic nitrogens is 1. The molecule has 8 heteroatoms. The van der Waals surface area contributed by atoms with Crippen LogP contribution in [-0.4, -0.2) is 13.4 Å². The molecule has 0 aliphatic heterocycles. The number of hydrogen-bond donors (Lipinski definition) is 0. The van der Waals surface area contributed by atoms with E-state index >= 15 is 0 Å². The third kappa shape index (κ3) is 3.60. The van der Waals surface area contributed by atoms with Gasteiger partial charge in [0, 0.05) is 10.6 Å². The second kappa shape index (κ2) is 7.01. The Morgan fingerprint density at radius 3 is 2.46 bits per heavy atom. The number of benzene rings is 2. The van der Waals surface area contributed by atoms with Gasteiger partial charge in [-0.05, 0) is 42.0 Å². The number of rotatable bonds is 4. The smallest absolute Gasteiger partial charge is 0.257 e. The highest BCUT2D eigenvalue weighted by atomic mass is 35.5. The fraction of sp³-hybridized carbons (Fsp3) is 0.0556. The minimum atomic E-state index is -3.96. The van der Waals surface area contributed by atoms with Gasteiger partial charge in [-0.2, -0.15) is 15.5 Å². The molecule has 3 aromatic rings. The van der Waals surface area contributed by atoms with Gasteiger partial charge in [-0.25, -0.2) is 8.42 Å². The molecule has 1 heterocycles. The van der Waals surface area contributed by atoms with Crippen LogP contribution in [-0.2, 0) is 15.6 Å². The van der Waals surface area contributed by atoms with Gasteiger partial charge in [-0.1, -0.05) is 23.7 Å². The van der Waals surface area contributed by atoms with Gasteiger partial charge in [0.25, 0.3) is 5.09 Å². The van der Waals surface area contributed by atoms with E-state index in [9.17, 15) is 13.7 Å². The van der Waals surface area contributed by atoms with Crippen LogP contribution in [0.3, 0.4) is 0 Å². The van der Waals surface area contributed by atoms with Gasteiger partial charge in [0.1, 0.15) is 6.07 Å². The van der Waals surface area contributed by atoms with Gasteiger partial charge < -0.3 is 4.42 Å². The summed E-state index contributed by atoms with van der Waals surface area (Å²) in [6.45, 7) is 0. The summed E-state index contributed by atoms with van der Waals surface area (Å²) < 4.78 is 30.8. The molecule has 0 spiro atoms. The number of halogens is 1. The number of nitrogens with zero attached hydrogens (tertiary/aromatic N) is 3. The molecule has 0 bridgehead atoms. The number of nitriles is 2. The van der Waals surface area contributed by atoms with E-state index in [0.29, 0.717) is 21.7 Å². The van der Waals surface area contributed by atoms with Crippen LogP contribution < -0.4 is 0 Å². The SMILES string of the molecule is N#Cc1cccc(CS(=O)(=O)c2oc(-c3ccc(Cl)cc3)nc2C#N)c1. The van der Waals surface area contributed by atoms with E-state index in [1.165, 1.54) is 6.07 Å². The molecule has 0 fully saturated rings. The average Bonchev–Trinajstić information content (AvgIpc) is 3.07. The first kappa shape index (κ1) is 17.7. The molecule has 0 N–H and O–H groups in total. The van der Waals surface area contributed by atoms with Crippen molar-refractivity contribution < 1.29 is 12.8 Å². The van der Waals surface area contributed by atoms with Crippen molar-refractivity contribution in [3.05, 3.63) is 70.4 Å². The minimum Gasteiger partial charge on any atom is -0.423 e. The Morgan fingerprint density at radius 1 is 1.08 bits per heavy atom. The van der Waals surface area contributed by atoms with Crippen LogP contribution in [0.1, 0.15) is 16.8 Å². The molecule has 6 nitrogen and oxygen atoms in total. The van der Waals surface area contributed by atoms with Crippen molar-refractivity contribution in [2.75, 3.05) is 0 Å². The molecule has 0 saturated carbocycles. The summed E-state index contributed by atoms with van der Waals surface area (Å²) in [6, 6.07) is 16.4. The summed E-state index contributed by atoms with van der Waals surface area (Å²) in [5.74, 6) is -0.394. The second-order valence-corrected chi connectivity index (χ2v) is 7.67. The third-order valence-corrected chi connectivity index (χ3v) is 5.30. The van der Waals surface area contributed by atoms with Crippen LogP contribution in [0, 0.1) is 22.7 Å². The van der Waals surface area contributed by atoms with Crippen molar-refractivity contribution in [2.45, 2.75) is 10.8 Å². The third-order valence-electron chi connectivity index (χ3n) is 3.49. The van der Waals surface area contributed by atoms with Gasteiger partial charge in [0.2, 0.25) is 15.7 Å². The molecule has 3 rings (SSSR count). The molecule has 1 aromatic heterocycles. The van der Waals surface area contributed by atoms with Crippen LogP contribution in [0.2, 0.25) is 5.02 Å². The molecular formula is C18H10ClN3O3S. The zero-order valence-electron chi connectivity index (χ0n) is 13.2. The fourth-order valence-corrected chi connectivity index (χ4v) is 3.79. The summed E-state index contributed by atoms with van der Waals surface area (Å²) in [7, 11) is -3.96. The number of oxazole rings is 1. The highest BCUT2D eigenvalue weighted by molar-refractivity contribution is 7.90. The summed E-state index contributed by atoms with van der Waals surface area (Å²) in [5, 5.41) is 18.2. The number of sulfone groups is 1. The Balaban J connectivity index is 2.00. The van der Waals surface area contributed by atoms with E-state index in [-0.39, 0.29) is 11.6 Å². The zero-order chi connectivity index (χ0) is 18.7. The van der Waals surface area contributed by atoms with Crippen LogP contribution in [0.5, 0.6) is 0 Å². The summed E-state index contributed by atoms with van der Waals surface area (Å²) in [4.78, 5) is 3.97. The highest BCUT2D eigenvalue weighted by Gasteiger charge is 2.27. The molecule has 0 amide bonds. The van der Waals surface area contributed by atoms with E-state index in [1.807, 2.05) is 6.07 Å². The highest BCUT2D eigenvalue weighted by Crippen LogP contribution is 2.28. The Morgan fingerprint density at radius 2 is 1.81 bits per heavy atom. The van der Waals surface area contributed by atoms with E-state index in [0.717, 1.165) is 0 Å². The Hall–Kier alpha value is -3.13. The molecule has 128 valence electrons. The molecule has 0 radical (unpaired) electrons.